The molecule has 1 fully saturated rings. The zero-order valence-corrected chi connectivity index (χ0v) is 12.2. The molecule has 1 aromatic carbocycles. The van der Waals surface area contributed by atoms with Gasteiger partial charge in [0.15, 0.2) is 0 Å². The van der Waals surface area contributed by atoms with Crippen molar-refractivity contribution in [3.8, 4) is 0 Å². The highest BCUT2D eigenvalue weighted by Gasteiger charge is 2.51. The number of aliphatic imine (C=N–C) groups is 1. The molecule has 110 valence electrons. The number of urea groups is 1. The summed E-state index contributed by atoms with van der Waals surface area (Å²) in [6.07, 6.45) is 6.65. The first-order valence-electron chi connectivity index (χ1n) is 7.96. The molecule has 3 aliphatic rings. The Balaban J connectivity index is 1.85. The highest BCUT2D eigenvalue weighted by molar-refractivity contribution is 6.06. The minimum absolute atomic E-state index is 0.142. The van der Waals surface area contributed by atoms with Gasteiger partial charge in [-0.15, -0.1) is 0 Å². The van der Waals surface area contributed by atoms with Crippen molar-refractivity contribution in [1.29, 1.82) is 0 Å². The quantitative estimate of drug-likeness (QED) is 0.907. The summed E-state index contributed by atoms with van der Waals surface area (Å²) in [7, 11) is 0. The smallest absolute Gasteiger partial charge is 0.346 e. The van der Waals surface area contributed by atoms with E-state index in [9.17, 15) is 4.79 Å². The Hall–Kier alpha value is -1.84. The Morgan fingerprint density at radius 3 is 2.90 bits per heavy atom. The van der Waals surface area contributed by atoms with Crippen LogP contribution in [0.1, 0.15) is 43.2 Å². The summed E-state index contributed by atoms with van der Waals surface area (Å²) in [6, 6.07) is 8.30. The molecule has 1 unspecified atom stereocenters. The molecule has 0 aromatic heterocycles. The van der Waals surface area contributed by atoms with E-state index in [2.05, 4.69) is 29.3 Å². The zero-order valence-electron chi connectivity index (χ0n) is 12.2. The standard InChI is InChI=1S/C17H21N3O/c18-15-17(20(16(21)19-15)11-12-8-9-12)10-4-3-6-13-5-1-2-7-14(13)17/h1-2,5,7,12H,3-4,6,8-11H2,(H2,18,19,21). The van der Waals surface area contributed by atoms with E-state index in [-0.39, 0.29) is 6.03 Å². The molecule has 4 heteroatoms. The van der Waals surface area contributed by atoms with Crippen LogP contribution in [0.4, 0.5) is 4.79 Å². The average Bonchev–Trinajstić information content (AvgIpc) is 3.27. The molecule has 1 aromatic rings. The third-order valence-electron chi connectivity index (χ3n) is 5.17. The van der Waals surface area contributed by atoms with E-state index in [1.807, 2.05) is 4.90 Å². The van der Waals surface area contributed by atoms with Gasteiger partial charge in [-0.05, 0) is 55.6 Å². The maximum absolute atomic E-state index is 12.4. The predicted octanol–water partition coefficient (Wildman–Crippen LogP) is 2.81. The van der Waals surface area contributed by atoms with Crippen molar-refractivity contribution in [2.24, 2.45) is 16.6 Å². The highest BCUT2D eigenvalue weighted by atomic mass is 16.2. The van der Waals surface area contributed by atoms with Gasteiger partial charge in [-0.25, -0.2) is 4.79 Å². The molecular weight excluding hydrogens is 262 g/mol. The molecule has 2 aliphatic carbocycles. The van der Waals surface area contributed by atoms with Gasteiger partial charge in [0.05, 0.1) is 0 Å². The number of aryl methyl sites for hydroxylation is 1. The van der Waals surface area contributed by atoms with Crippen molar-refractivity contribution < 1.29 is 4.79 Å². The lowest BCUT2D eigenvalue weighted by Gasteiger charge is -2.39. The number of benzene rings is 1. The van der Waals surface area contributed by atoms with E-state index in [1.54, 1.807) is 0 Å². The van der Waals surface area contributed by atoms with Crippen LogP contribution < -0.4 is 5.73 Å². The van der Waals surface area contributed by atoms with Crippen LogP contribution in [0.5, 0.6) is 0 Å². The Kier molecular flexibility index (Phi) is 2.81. The van der Waals surface area contributed by atoms with E-state index in [1.165, 1.54) is 24.0 Å². The normalized spacial score (nSPS) is 28.5. The number of amidine groups is 1. The Morgan fingerprint density at radius 1 is 1.29 bits per heavy atom. The Bertz CT molecular complexity index is 620. The van der Waals surface area contributed by atoms with Crippen LogP contribution in [0.2, 0.25) is 0 Å². The first-order chi connectivity index (χ1) is 10.2. The van der Waals surface area contributed by atoms with Crippen LogP contribution in [0.3, 0.4) is 0 Å². The average molecular weight is 283 g/mol. The summed E-state index contributed by atoms with van der Waals surface area (Å²) in [5.41, 5.74) is 8.34. The van der Waals surface area contributed by atoms with Crippen molar-refractivity contribution in [2.75, 3.05) is 6.54 Å². The van der Waals surface area contributed by atoms with Crippen LogP contribution in [0.25, 0.3) is 0 Å². The largest absolute Gasteiger partial charge is 0.385 e. The van der Waals surface area contributed by atoms with Crippen LogP contribution in [0, 0.1) is 5.92 Å². The van der Waals surface area contributed by atoms with Crippen molar-refractivity contribution in [3.63, 3.8) is 0 Å². The van der Waals surface area contributed by atoms with Crippen LogP contribution in [-0.2, 0) is 12.0 Å². The summed E-state index contributed by atoms with van der Waals surface area (Å²) in [6.45, 7) is 0.803. The molecule has 21 heavy (non-hydrogen) atoms. The van der Waals surface area contributed by atoms with Gasteiger partial charge in [-0.3, -0.25) is 0 Å². The summed E-state index contributed by atoms with van der Waals surface area (Å²) in [5.74, 6) is 1.14. The molecule has 1 heterocycles. The molecule has 0 saturated heterocycles. The first kappa shape index (κ1) is 12.9. The van der Waals surface area contributed by atoms with Crippen molar-refractivity contribution >= 4 is 11.9 Å². The summed E-state index contributed by atoms with van der Waals surface area (Å²) in [4.78, 5) is 18.5. The molecule has 2 amide bonds. The molecule has 1 atom stereocenters. The summed E-state index contributed by atoms with van der Waals surface area (Å²) < 4.78 is 0. The number of hydrogen-bond donors (Lipinski definition) is 1. The fourth-order valence-corrected chi connectivity index (χ4v) is 3.87. The minimum Gasteiger partial charge on any atom is -0.385 e. The van der Waals surface area contributed by atoms with E-state index >= 15 is 0 Å². The van der Waals surface area contributed by atoms with Gasteiger partial charge in [-0.1, -0.05) is 24.3 Å². The predicted molar refractivity (Wildman–Crippen MR) is 82.1 cm³/mol. The van der Waals surface area contributed by atoms with Crippen molar-refractivity contribution in [1.82, 2.24) is 4.90 Å². The van der Waals surface area contributed by atoms with E-state index < -0.39 is 5.54 Å². The number of carbonyl (C=O) groups excluding carboxylic acids is 1. The molecule has 4 nitrogen and oxygen atoms in total. The SMILES string of the molecule is NC1=NC(=O)N(CC2CC2)C12CCCCc1ccccc12. The van der Waals surface area contributed by atoms with E-state index in [4.69, 9.17) is 5.73 Å². The zero-order chi connectivity index (χ0) is 14.4. The second kappa shape index (κ2) is 4.58. The lowest BCUT2D eigenvalue weighted by atomic mass is 9.82. The molecule has 0 bridgehead atoms. The Labute approximate surface area is 125 Å². The van der Waals surface area contributed by atoms with Gasteiger partial charge < -0.3 is 10.6 Å². The third-order valence-corrected chi connectivity index (χ3v) is 5.17. The lowest BCUT2D eigenvalue weighted by Crippen LogP contribution is -2.52. The fraction of sp³-hybridized carbons (Fsp3) is 0.529. The molecular formula is C17H21N3O. The van der Waals surface area contributed by atoms with Crippen molar-refractivity contribution in [2.45, 2.75) is 44.1 Å². The van der Waals surface area contributed by atoms with Crippen molar-refractivity contribution in [3.05, 3.63) is 35.4 Å². The minimum atomic E-state index is -0.479. The molecule has 1 spiro atoms. The van der Waals surface area contributed by atoms with Gasteiger partial charge >= 0.3 is 6.03 Å². The summed E-state index contributed by atoms with van der Waals surface area (Å²) in [5, 5.41) is 0. The number of nitrogens with two attached hydrogens (primary N) is 1. The lowest BCUT2D eigenvalue weighted by molar-refractivity contribution is 0.160. The fourth-order valence-electron chi connectivity index (χ4n) is 3.87. The van der Waals surface area contributed by atoms with Gasteiger partial charge in [0.25, 0.3) is 0 Å². The first-order valence-corrected chi connectivity index (χ1v) is 7.96. The van der Waals surface area contributed by atoms with Crippen LogP contribution >= 0.6 is 0 Å². The van der Waals surface area contributed by atoms with Crippen LogP contribution in [-0.4, -0.2) is 23.3 Å². The van der Waals surface area contributed by atoms with Crippen LogP contribution in [0.15, 0.2) is 29.3 Å². The topological polar surface area (TPSA) is 58.7 Å². The molecule has 1 aliphatic heterocycles. The maximum Gasteiger partial charge on any atom is 0.346 e. The second-order valence-electron chi connectivity index (χ2n) is 6.56. The van der Waals surface area contributed by atoms with Gasteiger partial charge in [0.2, 0.25) is 0 Å². The number of amides is 2. The third kappa shape index (κ3) is 1.88. The van der Waals surface area contributed by atoms with E-state index in [0.29, 0.717) is 11.8 Å². The monoisotopic (exact) mass is 283 g/mol. The maximum atomic E-state index is 12.4. The molecule has 1 saturated carbocycles. The summed E-state index contributed by atoms with van der Waals surface area (Å²) >= 11 is 0. The number of carbonyl (C=O) groups is 1. The molecule has 4 rings (SSSR count). The molecule has 0 radical (unpaired) electrons. The molecule has 2 N–H and O–H groups in total. The number of rotatable bonds is 2. The second-order valence-corrected chi connectivity index (χ2v) is 6.56. The van der Waals surface area contributed by atoms with E-state index in [0.717, 1.165) is 32.2 Å². The number of nitrogens with zero attached hydrogens (tertiary/aromatic N) is 2. The Morgan fingerprint density at radius 2 is 2.10 bits per heavy atom. The highest BCUT2D eigenvalue weighted by Crippen LogP contribution is 2.44. The number of hydrogen-bond acceptors (Lipinski definition) is 2. The van der Waals surface area contributed by atoms with Gasteiger partial charge in [-0.2, -0.15) is 4.99 Å². The van der Waals surface area contributed by atoms with Gasteiger partial charge in [0.1, 0.15) is 11.4 Å². The number of fused-ring (bicyclic) bond motifs is 2. The van der Waals surface area contributed by atoms with Gasteiger partial charge in [0, 0.05) is 6.54 Å².